The van der Waals surface area contributed by atoms with Crippen LogP contribution in [0.5, 0.6) is 0 Å². The Balaban J connectivity index is 2.40. The summed E-state index contributed by atoms with van der Waals surface area (Å²) in [5, 5.41) is 14.2. The van der Waals surface area contributed by atoms with Crippen molar-refractivity contribution in [2.24, 2.45) is 11.7 Å². The zero-order valence-electron chi connectivity index (χ0n) is 11.7. The van der Waals surface area contributed by atoms with Gasteiger partial charge in [-0.1, -0.05) is 19.8 Å². The highest BCUT2D eigenvalue weighted by molar-refractivity contribution is 5.83. The molecule has 0 aromatic carbocycles. The van der Waals surface area contributed by atoms with Gasteiger partial charge in [0.05, 0.1) is 0 Å². The molecule has 114 valence electrons. The van der Waals surface area contributed by atoms with E-state index in [1.807, 2.05) is 0 Å². The van der Waals surface area contributed by atoms with E-state index >= 15 is 0 Å². The van der Waals surface area contributed by atoms with E-state index in [4.69, 9.17) is 10.8 Å². The number of primary amides is 1. The highest BCUT2D eigenvalue weighted by Gasteiger charge is 2.24. The second-order valence-corrected chi connectivity index (χ2v) is 5.48. The molecule has 3 amide bonds. The van der Waals surface area contributed by atoms with Gasteiger partial charge < -0.3 is 21.5 Å². The third kappa shape index (κ3) is 5.90. The van der Waals surface area contributed by atoms with Crippen molar-refractivity contribution in [3.63, 3.8) is 0 Å². The molecule has 0 aromatic heterocycles. The Morgan fingerprint density at radius 3 is 2.60 bits per heavy atom. The molecular weight excluding hydrogens is 262 g/mol. The van der Waals surface area contributed by atoms with Gasteiger partial charge in [0.2, 0.25) is 5.91 Å². The van der Waals surface area contributed by atoms with Crippen LogP contribution in [0.1, 0.15) is 45.4 Å². The molecule has 0 heterocycles. The molecule has 1 aliphatic carbocycles. The summed E-state index contributed by atoms with van der Waals surface area (Å²) in [5.41, 5.74) is 4.98. The Kier molecular flexibility index (Phi) is 6.27. The van der Waals surface area contributed by atoms with Crippen molar-refractivity contribution in [2.45, 2.75) is 57.5 Å². The number of carbonyl (C=O) groups excluding carboxylic acids is 2. The van der Waals surface area contributed by atoms with Crippen LogP contribution in [0, 0.1) is 5.92 Å². The summed E-state index contributed by atoms with van der Waals surface area (Å²) in [6.45, 7) is 2.14. The molecule has 2 unspecified atom stereocenters. The number of carboxylic acid groups (broad SMARTS) is 1. The Labute approximate surface area is 118 Å². The molecular formula is C13H23N3O4. The summed E-state index contributed by atoms with van der Waals surface area (Å²) < 4.78 is 0. The topological polar surface area (TPSA) is 122 Å². The molecule has 1 saturated carbocycles. The molecule has 1 aliphatic rings. The number of aliphatic carboxylic acids is 1. The summed E-state index contributed by atoms with van der Waals surface area (Å²) >= 11 is 0. The molecule has 0 bridgehead atoms. The number of hydrogen-bond donors (Lipinski definition) is 4. The standard InChI is InChI=1S/C13H23N3O4/c1-8-3-2-4-9(7-8)15-13(20)16-10(12(18)19)5-6-11(14)17/h8-10H,2-7H2,1H3,(H2,14,17)(H,18,19)(H2,15,16,20)/t8?,9?,10-/m1/s1. The van der Waals surface area contributed by atoms with Crippen LogP contribution in [-0.4, -0.2) is 35.1 Å². The second kappa shape index (κ2) is 7.72. The van der Waals surface area contributed by atoms with Gasteiger partial charge in [0.1, 0.15) is 6.04 Å². The van der Waals surface area contributed by atoms with Gasteiger partial charge in [-0.25, -0.2) is 9.59 Å². The van der Waals surface area contributed by atoms with Gasteiger partial charge in [0.25, 0.3) is 0 Å². The van der Waals surface area contributed by atoms with Gasteiger partial charge in [-0.3, -0.25) is 4.79 Å². The number of amides is 3. The van der Waals surface area contributed by atoms with Crippen molar-refractivity contribution in [1.82, 2.24) is 10.6 Å². The van der Waals surface area contributed by atoms with Crippen molar-refractivity contribution >= 4 is 17.9 Å². The van der Waals surface area contributed by atoms with Gasteiger partial charge in [0.15, 0.2) is 0 Å². The van der Waals surface area contributed by atoms with Crippen LogP contribution in [0.15, 0.2) is 0 Å². The maximum atomic E-state index is 11.8. The van der Waals surface area contributed by atoms with Gasteiger partial charge >= 0.3 is 12.0 Å². The maximum Gasteiger partial charge on any atom is 0.326 e. The zero-order valence-corrected chi connectivity index (χ0v) is 11.7. The van der Waals surface area contributed by atoms with Crippen LogP contribution in [-0.2, 0) is 9.59 Å². The van der Waals surface area contributed by atoms with Crippen molar-refractivity contribution in [2.75, 3.05) is 0 Å². The number of carbonyl (C=O) groups is 3. The second-order valence-electron chi connectivity index (χ2n) is 5.48. The van der Waals surface area contributed by atoms with Gasteiger partial charge in [0, 0.05) is 12.5 Å². The van der Waals surface area contributed by atoms with Crippen molar-refractivity contribution in [3.05, 3.63) is 0 Å². The van der Waals surface area contributed by atoms with E-state index in [-0.39, 0.29) is 18.9 Å². The van der Waals surface area contributed by atoms with Crippen molar-refractivity contribution in [3.8, 4) is 0 Å². The summed E-state index contributed by atoms with van der Waals surface area (Å²) in [6, 6.07) is -1.51. The third-order valence-corrected chi connectivity index (χ3v) is 3.55. The summed E-state index contributed by atoms with van der Waals surface area (Å²) in [7, 11) is 0. The number of nitrogens with two attached hydrogens (primary N) is 1. The van der Waals surface area contributed by atoms with Crippen LogP contribution < -0.4 is 16.4 Å². The first-order chi connectivity index (χ1) is 9.38. The van der Waals surface area contributed by atoms with E-state index < -0.39 is 23.9 Å². The SMILES string of the molecule is CC1CCCC(NC(=O)N[C@H](CCC(N)=O)C(=O)O)C1. The Morgan fingerprint density at radius 1 is 1.35 bits per heavy atom. The normalized spacial score (nSPS) is 23.6. The van der Waals surface area contributed by atoms with E-state index in [0.717, 1.165) is 25.7 Å². The molecule has 7 nitrogen and oxygen atoms in total. The molecule has 0 saturated heterocycles. The number of rotatable bonds is 6. The summed E-state index contributed by atoms with van der Waals surface area (Å²) in [5.74, 6) is -1.18. The lowest BCUT2D eigenvalue weighted by atomic mass is 9.87. The Bertz CT molecular complexity index is 373. The zero-order chi connectivity index (χ0) is 15.1. The Hall–Kier alpha value is -1.79. The molecule has 20 heavy (non-hydrogen) atoms. The monoisotopic (exact) mass is 285 g/mol. The fraction of sp³-hybridized carbons (Fsp3) is 0.769. The fourth-order valence-electron chi connectivity index (χ4n) is 2.49. The highest BCUT2D eigenvalue weighted by atomic mass is 16.4. The predicted molar refractivity (Wildman–Crippen MR) is 72.9 cm³/mol. The van der Waals surface area contributed by atoms with Crippen LogP contribution in [0.2, 0.25) is 0 Å². The summed E-state index contributed by atoms with van der Waals surface area (Å²) in [6.07, 6.45) is 3.98. The summed E-state index contributed by atoms with van der Waals surface area (Å²) in [4.78, 5) is 33.4. The molecule has 1 rings (SSSR count). The molecule has 5 N–H and O–H groups in total. The van der Waals surface area contributed by atoms with Gasteiger partial charge in [-0.05, 0) is 25.2 Å². The largest absolute Gasteiger partial charge is 0.480 e. The van der Waals surface area contributed by atoms with Crippen molar-refractivity contribution < 1.29 is 19.5 Å². The lowest BCUT2D eigenvalue weighted by Gasteiger charge is -2.28. The predicted octanol–water partition coefficient (Wildman–Crippen LogP) is 0.583. The molecule has 3 atom stereocenters. The molecule has 0 spiro atoms. The van der Waals surface area contributed by atoms with Gasteiger partial charge in [-0.15, -0.1) is 0 Å². The molecule has 7 heteroatoms. The number of hydrogen-bond acceptors (Lipinski definition) is 3. The van der Waals surface area contributed by atoms with Crippen molar-refractivity contribution in [1.29, 1.82) is 0 Å². The van der Waals surface area contributed by atoms with Crippen LogP contribution in [0.25, 0.3) is 0 Å². The molecule has 1 fully saturated rings. The first kappa shape index (κ1) is 16.3. The lowest BCUT2D eigenvalue weighted by Crippen LogP contribution is -2.50. The lowest BCUT2D eigenvalue weighted by molar-refractivity contribution is -0.139. The third-order valence-electron chi connectivity index (χ3n) is 3.55. The van der Waals surface area contributed by atoms with E-state index in [1.165, 1.54) is 0 Å². The quantitative estimate of drug-likeness (QED) is 0.570. The van der Waals surface area contributed by atoms with Crippen LogP contribution >= 0.6 is 0 Å². The average molecular weight is 285 g/mol. The van der Waals surface area contributed by atoms with E-state index in [0.29, 0.717) is 5.92 Å². The number of urea groups is 1. The molecule has 0 aliphatic heterocycles. The van der Waals surface area contributed by atoms with E-state index in [1.54, 1.807) is 0 Å². The minimum absolute atomic E-state index is 0.000837. The fourth-order valence-corrected chi connectivity index (χ4v) is 2.49. The minimum Gasteiger partial charge on any atom is -0.480 e. The molecule has 0 radical (unpaired) electrons. The maximum absolute atomic E-state index is 11.8. The highest BCUT2D eigenvalue weighted by Crippen LogP contribution is 2.23. The number of nitrogens with one attached hydrogen (secondary N) is 2. The first-order valence-corrected chi connectivity index (χ1v) is 6.96. The molecule has 0 aromatic rings. The van der Waals surface area contributed by atoms with Crippen LogP contribution in [0.3, 0.4) is 0 Å². The minimum atomic E-state index is -1.17. The van der Waals surface area contributed by atoms with E-state index in [2.05, 4.69) is 17.6 Å². The average Bonchev–Trinajstić information content (AvgIpc) is 2.33. The first-order valence-electron chi connectivity index (χ1n) is 6.96. The van der Waals surface area contributed by atoms with E-state index in [9.17, 15) is 14.4 Å². The smallest absolute Gasteiger partial charge is 0.326 e. The van der Waals surface area contributed by atoms with Gasteiger partial charge in [-0.2, -0.15) is 0 Å². The number of carboxylic acids is 1. The van der Waals surface area contributed by atoms with Crippen LogP contribution in [0.4, 0.5) is 4.79 Å². The Morgan fingerprint density at radius 2 is 2.05 bits per heavy atom.